The van der Waals surface area contributed by atoms with E-state index in [4.69, 9.17) is 5.10 Å². The molecule has 0 unspecified atom stereocenters. The van der Waals surface area contributed by atoms with E-state index >= 15 is 0 Å². The van der Waals surface area contributed by atoms with Crippen molar-refractivity contribution in [3.8, 4) is 10.6 Å². The number of nitrogens with zero attached hydrogens (tertiary/aromatic N) is 3. The first-order valence-corrected chi connectivity index (χ1v) is 9.49. The van der Waals surface area contributed by atoms with E-state index in [1.807, 2.05) is 0 Å². The number of fused-ring (bicyclic) bond motifs is 1. The number of hydrogen-bond donors (Lipinski definition) is 0. The third-order valence-electron chi connectivity index (χ3n) is 4.93. The highest BCUT2D eigenvalue weighted by molar-refractivity contribution is 7.13. The van der Waals surface area contributed by atoms with Crippen molar-refractivity contribution in [1.82, 2.24) is 10.2 Å². The molecule has 0 radical (unpaired) electrons. The van der Waals surface area contributed by atoms with Gasteiger partial charge in [-0.1, -0.05) is 18.9 Å². The smallest absolute Gasteiger partial charge is 0.154 e. The summed E-state index contributed by atoms with van der Waals surface area (Å²) in [4.78, 5) is 3.77. The van der Waals surface area contributed by atoms with Gasteiger partial charge in [0.2, 0.25) is 0 Å². The van der Waals surface area contributed by atoms with Crippen LogP contribution in [0.2, 0.25) is 0 Å². The maximum atomic E-state index is 4.70. The van der Waals surface area contributed by atoms with E-state index in [-0.39, 0.29) is 0 Å². The minimum Gasteiger partial charge on any atom is -0.355 e. The Morgan fingerprint density at radius 2 is 1.64 bits per heavy atom. The second kappa shape index (κ2) is 6.37. The third kappa shape index (κ3) is 2.65. The quantitative estimate of drug-likeness (QED) is 0.819. The fourth-order valence-corrected chi connectivity index (χ4v) is 4.52. The Morgan fingerprint density at radius 3 is 2.36 bits per heavy atom. The molecule has 1 saturated heterocycles. The second-order valence-corrected chi connectivity index (χ2v) is 7.36. The third-order valence-corrected chi connectivity index (χ3v) is 5.81. The lowest BCUT2D eigenvalue weighted by molar-refractivity contribution is 0.664. The molecular formula is C18H23N3S. The maximum absolute atomic E-state index is 4.70. The summed E-state index contributed by atoms with van der Waals surface area (Å²) < 4.78 is 0. The molecule has 0 bridgehead atoms. The molecule has 4 heteroatoms. The van der Waals surface area contributed by atoms with E-state index in [0.717, 1.165) is 18.8 Å². The Kier molecular flexibility index (Phi) is 4.11. The highest BCUT2D eigenvalue weighted by Gasteiger charge is 2.24. The molecule has 0 saturated carbocycles. The van der Waals surface area contributed by atoms with Gasteiger partial charge < -0.3 is 4.90 Å². The first kappa shape index (κ1) is 14.2. The molecular weight excluding hydrogens is 290 g/mol. The molecule has 22 heavy (non-hydrogen) atoms. The van der Waals surface area contributed by atoms with Crippen LogP contribution in [0.4, 0.5) is 5.82 Å². The van der Waals surface area contributed by atoms with E-state index < -0.39 is 0 Å². The van der Waals surface area contributed by atoms with Crippen molar-refractivity contribution in [2.75, 3.05) is 18.0 Å². The summed E-state index contributed by atoms with van der Waals surface area (Å²) in [6.07, 6.45) is 10.2. The Balaban J connectivity index is 1.77. The van der Waals surface area contributed by atoms with Gasteiger partial charge in [0.05, 0.1) is 4.88 Å². The molecule has 0 aromatic carbocycles. The molecule has 1 aliphatic heterocycles. The molecule has 4 rings (SSSR count). The van der Waals surface area contributed by atoms with Crippen LogP contribution < -0.4 is 4.90 Å². The molecule has 0 N–H and O–H groups in total. The molecule has 0 atom stereocenters. The van der Waals surface area contributed by atoms with E-state index in [0.29, 0.717) is 0 Å². The van der Waals surface area contributed by atoms with Crippen molar-refractivity contribution in [2.24, 2.45) is 0 Å². The minimum absolute atomic E-state index is 1.14. The van der Waals surface area contributed by atoms with Crippen molar-refractivity contribution in [2.45, 2.75) is 51.4 Å². The van der Waals surface area contributed by atoms with Gasteiger partial charge in [0.25, 0.3) is 0 Å². The molecule has 1 aliphatic carbocycles. The second-order valence-electron chi connectivity index (χ2n) is 6.41. The summed E-state index contributed by atoms with van der Waals surface area (Å²) in [6, 6.07) is 4.29. The Labute approximate surface area is 136 Å². The molecule has 3 heterocycles. The largest absolute Gasteiger partial charge is 0.355 e. The Bertz CT molecular complexity index is 628. The first-order chi connectivity index (χ1) is 10.9. The van der Waals surface area contributed by atoms with Gasteiger partial charge in [-0.3, -0.25) is 0 Å². The number of rotatable bonds is 2. The van der Waals surface area contributed by atoms with Crippen molar-refractivity contribution in [3.05, 3.63) is 28.6 Å². The maximum Gasteiger partial charge on any atom is 0.154 e. The molecule has 116 valence electrons. The highest BCUT2D eigenvalue weighted by Crippen LogP contribution is 2.36. The average Bonchev–Trinajstić information content (AvgIpc) is 2.96. The number of anilines is 1. The zero-order valence-corrected chi connectivity index (χ0v) is 13.9. The lowest BCUT2D eigenvalue weighted by Crippen LogP contribution is -2.28. The van der Waals surface area contributed by atoms with Gasteiger partial charge >= 0.3 is 0 Å². The normalized spacial score (nSPS) is 18.8. The van der Waals surface area contributed by atoms with Crippen molar-refractivity contribution in [1.29, 1.82) is 0 Å². The average molecular weight is 313 g/mol. The zero-order chi connectivity index (χ0) is 14.8. The monoisotopic (exact) mass is 313 g/mol. The van der Waals surface area contributed by atoms with Crippen LogP contribution in [0.5, 0.6) is 0 Å². The fourth-order valence-electron chi connectivity index (χ4n) is 3.78. The number of thiophene rings is 1. The van der Waals surface area contributed by atoms with Gasteiger partial charge in [-0.05, 0) is 55.5 Å². The van der Waals surface area contributed by atoms with Gasteiger partial charge in [0.15, 0.2) is 5.82 Å². The van der Waals surface area contributed by atoms with Crippen LogP contribution in [0.25, 0.3) is 10.6 Å². The van der Waals surface area contributed by atoms with Gasteiger partial charge in [-0.25, -0.2) is 0 Å². The van der Waals surface area contributed by atoms with Crippen LogP contribution in [-0.2, 0) is 12.8 Å². The summed E-state index contributed by atoms with van der Waals surface area (Å²) >= 11 is 1.78. The standard InChI is InChI=1S/C18H23N3S/c1-2-6-12-21(11-5-1)18-15-9-4-3-8-14(15)17(19-20-18)16-10-7-13-22-16/h7,10,13H,1-6,8-9,11-12H2. The Hall–Kier alpha value is -1.42. The van der Waals surface area contributed by atoms with E-state index in [1.54, 1.807) is 11.3 Å². The summed E-state index contributed by atoms with van der Waals surface area (Å²) in [5.41, 5.74) is 4.11. The van der Waals surface area contributed by atoms with E-state index in [1.165, 1.54) is 73.2 Å². The topological polar surface area (TPSA) is 29.0 Å². The Morgan fingerprint density at radius 1 is 0.864 bits per heavy atom. The van der Waals surface area contributed by atoms with E-state index in [9.17, 15) is 0 Å². The fraction of sp³-hybridized carbons (Fsp3) is 0.556. The van der Waals surface area contributed by atoms with Crippen LogP contribution in [0.3, 0.4) is 0 Å². The molecule has 2 aromatic heterocycles. The van der Waals surface area contributed by atoms with Crippen molar-refractivity contribution in [3.63, 3.8) is 0 Å². The van der Waals surface area contributed by atoms with Gasteiger partial charge in [-0.15, -0.1) is 21.5 Å². The molecule has 0 spiro atoms. The zero-order valence-electron chi connectivity index (χ0n) is 13.1. The van der Waals surface area contributed by atoms with Crippen molar-refractivity contribution >= 4 is 17.2 Å². The lowest BCUT2D eigenvalue weighted by atomic mass is 9.90. The summed E-state index contributed by atoms with van der Waals surface area (Å²) in [7, 11) is 0. The van der Waals surface area contributed by atoms with Gasteiger partial charge in [0, 0.05) is 18.7 Å². The predicted octanol–water partition coefficient (Wildman–Crippen LogP) is 4.46. The summed E-state index contributed by atoms with van der Waals surface area (Å²) in [5, 5.41) is 11.5. The van der Waals surface area contributed by atoms with E-state index in [2.05, 4.69) is 27.5 Å². The molecule has 2 aromatic rings. The summed E-state index contributed by atoms with van der Waals surface area (Å²) in [5.74, 6) is 1.19. The number of aromatic nitrogens is 2. The van der Waals surface area contributed by atoms with Crippen molar-refractivity contribution < 1.29 is 0 Å². The van der Waals surface area contributed by atoms with Crippen LogP contribution >= 0.6 is 11.3 Å². The van der Waals surface area contributed by atoms with Gasteiger partial charge in [-0.2, -0.15) is 0 Å². The van der Waals surface area contributed by atoms with Crippen LogP contribution in [-0.4, -0.2) is 23.3 Å². The highest BCUT2D eigenvalue weighted by atomic mass is 32.1. The molecule has 1 fully saturated rings. The molecule has 2 aliphatic rings. The predicted molar refractivity (Wildman–Crippen MR) is 92.7 cm³/mol. The molecule has 3 nitrogen and oxygen atoms in total. The van der Waals surface area contributed by atoms with Crippen LogP contribution in [0.1, 0.15) is 49.7 Å². The summed E-state index contributed by atoms with van der Waals surface area (Å²) in [6.45, 7) is 2.30. The van der Waals surface area contributed by atoms with Crippen LogP contribution in [0.15, 0.2) is 17.5 Å². The van der Waals surface area contributed by atoms with Crippen LogP contribution in [0, 0.1) is 0 Å². The van der Waals surface area contributed by atoms with Gasteiger partial charge in [0.1, 0.15) is 5.69 Å². The first-order valence-electron chi connectivity index (χ1n) is 8.61. The minimum atomic E-state index is 1.14. The SMILES string of the molecule is c1csc(-c2nnc(N3CCCCCC3)c3c2CCCC3)c1. The lowest BCUT2D eigenvalue weighted by Gasteiger charge is -2.27. The molecule has 0 amide bonds. The number of hydrogen-bond acceptors (Lipinski definition) is 4.